The molecule has 2 aliphatic carbocycles. The number of allylic oxidation sites excluding steroid dienone is 3. The summed E-state index contributed by atoms with van der Waals surface area (Å²) in [5.74, 6) is -5.45. The van der Waals surface area contributed by atoms with Crippen molar-refractivity contribution in [2.24, 2.45) is 23.5 Å². The Morgan fingerprint density at radius 2 is 1.74 bits per heavy atom. The Morgan fingerprint density at radius 1 is 1.02 bits per heavy atom. The summed E-state index contributed by atoms with van der Waals surface area (Å²) in [6, 6.07) is 17.4. The van der Waals surface area contributed by atoms with Crippen molar-refractivity contribution in [1.82, 2.24) is 5.32 Å². The Kier molecular flexibility index (Phi) is 8.45. The van der Waals surface area contributed by atoms with Gasteiger partial charge >= 0.3 is 0 Å². The Morgan fingerprint density at radius 3 is 2.42 bits per heavy atom. The number of nitrogens with one attached hydrogen (secondary N) is 1. The van der Waals surface area contributed by atoms with E-state index in [0.717, 1.165) is 22.3 Å². The molecule has 0 bridgehead atoms. The number of phenols is 1. The lowest BCUT2D eigenvalue weighted by atomic mass is 9.64. The molecular formula is C34H33FN2O6. The normalized spacial score (nSPS) is 19.5. The molecule has 0 fully saturated rings. The molecule has 0 saturated carbocycles. The predicted molar refractivity (Wildman–Crippen MR) is 158 cm³/mol. The summed E-state index contributed by atoms with van der Waals surface area (Å²) >= 11 is 0. The third kappa shape index (κ3) is 6.22. The van der Waals surface area contributed by atoms with Crippen LogP contribution in [0.3, 0.4) is 0 Å². The monoisotopic (exact) mass is 584 g/mol. The maximum absolute atomic E-state index is 13.8. The summed E-state index contributed by atoms with van der Waals surface area (Å²) in [5, 5.41) is 35.3. The highest BCUT2D eigenvalue weighted by Crippen LogP contribution is 2.49. The van der Waals surface area contributed by atoms with E-state index in [1.54, 1.807) is 12.1 Å². The second-order valence-corrected chi connectivity index (χ2v) is 11.3. The van der Waals surface area contributed by atoms with Gasteiger partial charge in [0.05, 0.1) is 23.7 Å². The van der Waals surface area contributed by atoms with Crippen molar-refractivity contribution in [2.75, 3.05) is 0 Å². The quantitative estimate of drug-likeness (QED) is 0.162. The van der Waals surface area contributed by atoms with Gasteiger partial charge in [-0.15, -0.1) is 0 Å². The molecule has 3 unspecified atom stereocenters. The number of aromatic hydroxyl groups is 1. The first-order valence-corrected chi connectivity index (χ1v) is 14.1. The molecule has 0 spiro atoms. The summed E-state index contributed by atoms with van der Waals surface area (Å²) < 4.78 is 13.4. The number of benzene rings is 3. The summed E-state index contributed by atoms with van der Waals surface area (Å²) in [5.41, 5.74) is 9.41. The molecule has 6 N–H and O–H groups in total. The van der Waals surface area contributed by atoms with Crippen LogP contribution < -0.4 is 11.1 Å². The van der Waals surface area contributed by atoms with Crippen molar-refractivity contribution in [2.45, 2.75) is 38.8 Å². The molecule has 2 aliphatic rings. The van der Waals surface area contributed by atoms with Crippen molar-refractivity contribution in [3.8, 4) is 16.9 Å². The highest BCUT2D eigenvalue weighted by atomic mass is 19.1. The van der Waals surface area contributed by atoms with Crippen LogP contribution >= 0.6 is 0 Å². The van der Waals surface area contributed by atoms with Crippen LogP contribution in [-0.2, 0) is 29.1 Å². The average molecular weight is 585 g/mol. The van der Waals surface area contributed by atoms with E-state index in [9.17, 15) is 34.1 Å². The van der Waals surface area contributed by atoms with Crippen LogP contribution in [0.15, 0.2) is 84.3 Å². The Labute approximate surface area is 248 Å². The van der Waals surface area contributed by atoms with E-state index < -0.39 is 47.4 Å². The summed E-state index contributed by atoms with van der Waals surface area (Å²) in [6.45, 7) is 4.60. The highest BCUT2D eigenvalue weighted by Gasteiger charge is 2.46. The van der Waals surface area contributed by atoms with Gasteiger partial charge in [0.2, 0.25) is 5.91 Å². The topological polar surface area (TPSA) is 150 Å². The van der Waals surface area contributed by atoms with Gasteiger partial charge in [-0.2, -0.15) is 0 Å². The molecule has 0 aromatic heterocycles. The fraction of sp³-hybridized carbons (Fsp3) is 0.265. The smallest absolute Gasteiger partial charge is 0.224 e. The van der Waals surface area contributed by atoms with E-state index in [4.69, 9.17) is 5.73 Å². The number of hydrogen-bond acceptors (Lipinski definition) is 7. The van der Waals surface area contributed by atoms with Gasteiger partial charge < -0.3 is 26.4 Å². The Balaban J connectivity index is 1.43. The molecule has 43 heavy (non-hydrogen) atoms. The van der Waals surface area contributed by atoms with Gasteiger partial charge in [0, 0.05) is 25.1 Å². The van der Waals surface area contributed by atoms with E-state index in [1.165, 1.54) is 18.2 Å². The molecule has 9 heteroatoms. The number of Topliss-reactive ketones (excluding diaryl/α,β-unsaturated/α-hetero) is 2. The molecule has 0 saturated heterocycles. The van der Waals surface area contributed by atoms with Gasteiger partial charge in [-0.25, -0.2) is 4.39 Å². The molecule has 1 amide bonds. The lowest BCUT2D eigenvalue weighted by molar-refractivity contribution is -0.130. The molecule has 222 valence electrons. The van der Waals surface area contributed by atoms with E-state index in [-0.39, 0.29) is 41.3 Å². The zero-order chi connectivity index (χ0) is 30.8. The molecule has 3 aromatic carbocycles. The highest BCUT2D eigenvalue weighted by molar-refractivity contribution is 6.15. The molecule has 8 nitrogen and oxygen atoms in total. The average Bonchev–Trinajstić information content (AvgIpc) is 2.93. The van der Waals surface area contributed by atoms with Crippen molar-refractivity contribution < 1.29 is 34.1 Å². The van der Waals surface area contributed by atoms with E-state index in [1.807, 2.05) is 30.3 Å². The van der Waals surface area contributed by atoms with Crippen LogP contribution in [0.25, 0.3) is 11.1 Å². The first-order valence-electron chi connectivity index (χ1n) is 14.1. The molecule has 5 rings (SSSR count). The van der Waals surface area contributed by atoms with Crippen LogP contribution in [-0.4, -0.2) is 32.8 Å². The number of rotatable bonds is 10. The third-order valence-corrected chi connectivity index (χ3v) is 8.26. The maximum Gasteiger partial charge on any atom is 0.224 e. The molecule has 0 radical (unpaired) electrons. The first-order chi connectivity index (χ1) is 20.5. The molecular weight excluding hydrogens is 551 g/mol. The molecule has 3 aromatic rings. The van der Waals surface area contributed by atoms with Crippen LogP contribution in [0.1, 0.15) is 46.3 Å². The van der Waals surface area contributed by atoms with Crippen LogP contribution in [0.4, 0.5) is 4.39 Å². The van der Waals surface area contributed by atoms with Crippen molar-refractivity contribution in [3.05, 3.63) is 112 Å². The minimum absolute atomic E-state index is 0.00562. The number of hydrogen-bond donors (Lipinski definition) is 5. The second kappa shape index (κ2) is 12.2. The van der Waals surface area contributed by atoms with Crippen LogP contribution in [0.2, 0.25) is 0 Å². The number of aliphatic hydroxyl groups excluding tert-OH is 2. The third-order valence-electron chi connectivity index (χ3n) is 8.26. The number of nitrogens with two attached hydrogens (primary N) is 1. The first kappa shape index (κ1) is 29.7. The summed E-state index contributed by atoms with van der Waals surface area (Å²) in [7, 11) is 0. The Hall–Kier alpha value is -4.76. The number of phenolic OH excluding ortho intramolecular Hbond substituents is 1. The minimum atomic E-state index is -1.19. The largest absolute Gasteiger partial charge is 0.513 e. The lowest BCUT2D eigenvalue weighted by Crippen LogP contribution is -2.39. The maximum atomic E-state index is 13.8. The number of carbonyl (C=O) groups excluding carboxylic acids is 3. The molecule has 0 heterocycles. The standard InChI is InChI=1S/C34H33FN2O6/c1-18(38)11-22-13-23-14-26-25(21-7-5-19(6-8-21)16-37-17-20-3-2-4-24(35)12-20)9-10-27(39)32(26)34(43)31(23)33(42)30(22)28(40)15-29(36)41/h2-10,12,22-23,30,37-39,42H,1,11,13-17H2,(H2,36,41). The number of amides is 1. The SMILES string of the molecule is C=C(O)CC1CC2Cc3c(-c4ccc(CNCc5cccc(F)c5)cc4)ccc(O)c3C(=O)C2=C(O)C1C(=O)CC(N)=O. The van der Waals surface area contributed by atoms with Gasteiger partial charge in [0.1, 0.15) is 17.3 Å². The number of aliphatic hydroxyl groups is 2. The van der Waals surface area contributed by atoms with Crippen molar-refractivity contribution in [3.63, 3.8) is 0 Å². The van der Waals surface area contributed by atoms with Crippen LogP contribution in [0, 0.1) is 23.6 Å². The lowest BCUT2D eigenvalue weighted by Gasteiger charge is -2.39. The molecule has 0 aliphatic heterocycles. The number of fused-ring (bicyclic) bond motifs is 2. The number of ketones is 2. The van der Waals surface area contributed by atoms with Crippen LogP contribution in [0.5, 0.6) is 5.75 Å². The van der Waals surface area contributed by atoms with Crippen molar-refractivity contribution >= 4 is 17.5 Å². The van der Waals surface area contributed by atoms with Gasteiger partial charge in [0.15, 0.2) is 11.6 Å². The zero-order valence-electron chi connectivity index (χ0n) is 23.5. The number of primary amides is 1. The second-order valence-electron chi connectivity index (χ2n) is 11.3. The molecule has 3 atom stereocenters. The van der Waals surface area contributed by atoms with Gasteiger partial charge in [-0.1, -0.05) is 49.0 Å². The summed E-state index contributed by atoms with van der Waals surface area (Å²) in [4.78, 5) is 38.2. The Bertz CT molecular complexity index is 1650. The number of halogens is 1. The fourth-order valence-electron chi connectivity index (χ4n) is 6.46. The van der Waals surface area contributed by atoms with E-state index in [0.29, 0.717) is 25.1 Å². The van der Waals surface area contributed by atoms with E-state index >= 15 is 0 Å². The predicted octanol–water partition coefficient (Wildman–Crippen LogP) is 5.20. The van der Waals surface area contributed by atoms with Gasteiger partial charge in [-0.05, 0) is 70.7 Å². The minimum Gasteiger partial charge on any atom is -0.513 e. The number of carbonyl (C=O) groups is 3. The van der Waals surface area contributed by atoms with E-state index in [2.05, 4.69) is 11.9 Å². The zero-order valence-corrected chi connectivity index (χ0v) is 23.5. The fourth-order valence-corrected chi connectivity index (χ4v) is 6.46. The summed E-state index contributed by atoms with van der Waals surface area (Å²) in [6.07, 6.45) is -0.0140. The van der Waals surface area contributed by atoms with Gasteiger partial charge in [-0.3, -0.25) is 14.4 Å². The van der Waals surface area contributed by atoms with Gasteiger partial charge in [0.25, 0.3) is 0 Å². The van der Waals surface area contributed by atoms with Crippen molar-refractivity contribution in [1.29, 1.82) is 0 Å².